The first-order valence-corrected chi connectivity index (χ1v) is 14.7. The molecule has 2 aromatic carbocycles. The highest BCUT2D eigenvalue weighted by molar-refractivity contribution is 7.15. The fraction of sp³-hybridized carbons (Fsp3) is 0.310. The molecular formula is C29H28Cl3FN4OS. The quantitative estimate of drug-likeness (QED) is 0.219. The average Bonchev–Trinajstić information content (AvgIpc) is 3.34. The van der Waals surface area contributed by atoms with Gasteiger partial charge in [-0.3, -0.25) is 9.36 Å². The third-order valence-corrected chi connectivity index (χ3v) is 9.16. The van der Waals surface area contributed by atoms with E-state index >= 15 is 0 Å². The molecule has 0 N–H and O–H groups in total. The first-order chi connectivity index (χ1) is 18.7. The van der Waals surface area contributed by atoms with E-state index < -0.39 is 5.82 Å². The van der Waals surface area contributed by atoms with E-state index in [-0.39, 0.29) is 5.56 Å². The molecule has 10 heteroatoms. The normalized spacial score (nSPS) is 14.8. The van der Waals surface area contributed by atoms with Crippen molar-refractivity contribution in [3.05, 3.63) is 91.0 Å². The zero-order chi connectivity index (χ0) is 27.7. The molecule has 1 fully saturated rings. The largest absolute Gasteiger partial charge is 0.308 e. The Bertz CT molecular complexity index is 1530. The van der Waals surface area contributed by atoms with Gasteiger partial charge >= 0.3 is 0 Å². The van der Waals surface area contributed by atoms with Crippen molar-refractivity contribution in [2.75, 3.05) is 40.3 Å². The Kier molecular flexibility index (Phi) is 8.76. The lowest BCUT2D eigenvalue weighted by Gasteiger charge is -2.31. The highest BCUT2D eigenvalue weighted by atomic mass is 35.5. The molecule has 1 aliphatic rings. The molecular weight excluding hydrogens is 578 g/mol. The van der Waals surface area contributed by atoms with E-state index in [0.717, 1.165) is 48.9 Å². The molecule has 0 bridgehead atoms. The lowest BCUT2D eigenvalue weighted by molar-refractivity contribution is 0.193. The van der Waals surface area contributed by atoms with E-state index in [1.54, 1.807) is 47.9 Å². The van der Waals surface area contributed by atoms with Gasteiger partial charge < -0.3 is 9.80 Å². The van der Waals surface area contributed by atoms with Gasteiger partial charge in [-0.25, -0.2) is 9.37 Å². The predicted octanol–water partition coefficient (Wildman–Crippen LogP) is 7.47. The number of thiazole rings is 1. The van der Waals surface area contributed by atoms with Crippen LogP contribution in [0.1, 0.15) is 23.8 Å². The minimum atomic E-state index is -0.401. The molecule has 0 radical (unpaired) electrons. The summed E-state index contributed by atoms with van der Waals surface area (Å²) in [5.74, 6) is -0.0942. The Hall–Kier alpha value is -2.26. The minimum absolute atomic E-state index is 0.268. The van der Waals surface area contributed by atoms with Crippen LogP contribution in [0.25, 0.3) is 27.4 Å². The van der Waals surface area contributed by atoms with Crippen LogP contribution >= 0.6 is 46.1 Å². The third kappa shape index (κ3) is 6.24. The van der Waals surface area contributed by atoms with Crippen molar-refractivity contribution >= 4 is 46.1 Å². The van der Waals surface area contributed by atoms with Crippen molar-refractivity contribution in [1.29, 1.82) is 0 Å². The SMILES string of the molecule is CN(C)CCN1CCC(c2nc(-c3ccc(=O)n(-c4c(Cl)cccc4Cl)c3)c(-c3ccc(F)cc3Cl)s2)CC1. The molecule has 0 atom stereocenters. The number of nitrogens with zero attached hydrogens (tertiary/aromatic N) is 4. The van der Waals surface area contributed by atoms with Crippen LogP contribution in [0.2, 0.25) is 15.1 Å². The van der Waals surface area contributed by atoms with Crippen molar-refractivity contribution in [3.8, 4) is 27.4 Å². The number of rotatable bonds is 7. The summed E-state index contributed by atoms with van der Waals surface area (Å²) in [6, 6.07) is 12.7. The smallest absolute Gasteiger partial charge is 0.255 e. The minimum Gasteiger partial charge on any atom is -0.308 e. The lowest BCUT2D eigenvalue weighted by atomic mass is 9.97. The molecule has 204 valence electrons. The number of benzene rings is 2. The number of likely N-dealkylation sites (tertiary alicyclic amines) is 1. The lowest BCUT2D eigenvalue weighted by Crippen LogP contribution is -2.37. The number of halogens is 4. The predicted molar refractivity (Wildman–Crippen MR) is 161 cm³/mol. The molecule has 5 nitrogen and oxygen atoms in total. The van der Waals surface area contributed by atoms with Crippen LogP contribution in [-0.4, -0.2) is 59.6 Å². The molecule has 0 unspecified atom stereocenters. The second-order valence-corrected chi connectivity index (χ2v) is 12.2. The van der Waals surface area contributed by atoms with Crippen LogP contribution in [0.15, 0.2) is 59.5 Å². The second-order valence-electron chi connectivity index (χ2n) is 9.97. The standard InChI is InChI=1S/C29H28Cl3FN4OS/c1-35(2)14-15-36-12-10-18(11-13-36)29-34-26(28(39-29)21-8-7-20(33)16-24(21)32)19-6-9-25(38)37(17-19)27-22(30)4-3-5-23(27)31/h3-9,16-18H,10-15H2,1-2H3. The highest BCUT2D eigenvalue weighted by Gasteiger charge is 2.26. The molecule has 1 saturated heterocycles. The van der Waals surface area contributed by atoms with Crippen LogP contribution in [0, 0.1) is 5.82 Å². The van der Waals surface area contributed by atoms with Crippen LogP contribution in [0.4, 0.5) is 4.39 Å². The molecule has 4 aromatic rings. The Morgan fingerprint density at radius 2 is 1.74 bits per heavy atom. The Balaban J connectivity index is 1.56. The summed E-state index contributed by atoms with van der Waals surface area (Å²) >= 11 is 21.0. The van der Waals surface area contributed by atoms with Gasteiger partial charge in [0.2, 0.25) is 0 Å². The maximum Gasteiger partial charge on any atom is 0.255 e. The van der Waals surface area contributed by atoms with Crippen molar-refractivity contribution in [2.45, 2.75) is 18.8 Å². The molecule has 0 aliphatic carbocycles. The summed E-state index contributed by atoms with van der Waals surface area (Å²) in [6.45, 7) is 4.10. The van der Waals surface area contributed by atoms with Crippen LogP contribution in [0.5, 0.6) is 0 Å². The van der Waals surface area contributed by atoms with Crippen molar-refractivity contribution in [3.63, 3.8) is 0 Å². The van der Waals surface area contributed by atoms with Crippen molar-refractivity contribution in [1.82, 2.24) is 19.4 Å². The number of aromatic nitrogens is 2. The number of para-hydroxylation sites is 1. The number of piperidine rings is 1. The molecule has 39 heavy (non-hydrogen) atoms. The number of hydrogen-bond donors (Lipinski definition) is 0. The summed E-state index contributed by atoms with van der Waals surface area (Å²) in [7, 11) is 4.18. The van der Waals surface area contributed by atoms with Gasteiger partial charge in [-0.2, -0.15) is 0 Å². The van der Waals surface area contributed by atoms with E-state index in [2.05, 4.69) is 23.9 Å². The molecule has 2 aromatic heterocycles. The molecule has 5 rings (SSSR count). The van der Waals surface area contributed by atoms with E-state index in [4.69, 9.17) is 39.8 Å². The number of likely N-dealkylation sites (N-methyl/N-ethyl adjacent to an activating group) is 1. The first kappa shape index (κ1) is 28.3. The van der Waals surface area contributed by atoms with Crippen molar-refractivity contribution < 1.29 is 4.39 Å². The molecule has 0 amide bonds. The summed E-state index contributed by atoms with van der Waals surface area (Å²) in [5.41, 5.74) is 2.25. The van der Waals surface area contributed by atoms with Crippen LogP contribution in [0.3, 0.4) is 0 Å². The van der Waals surface area contributed by atoms with Crippen LogP contribution in [-0.2, 0) is 0 Å². The van der Waals surface area contributed by atoms with E-state index in [1.807, 2.05) is 0 Å². The maximum atomic E-state index is 13.9. The summed E-state index contributed by atoms with van der Waals surface area (Å²) in [4.78, 5) is 23.5. The monoisotopic (exact) mass is 604 g/mol. The fourth-order valence-electron chi connectivity index (χ4n) is 4.83. The van der Waals surface area contributed by atoms with E-state index in [1.165, 1.54) is 22.8 Å². The van der Waals surface area contributed by atoms with Crippen molar-refractivity contribution in [2.24, 2.45) is 0 Å². The summed E-state index contributed by atoms with van der Waals surface area (Å²) < 4.78 is 15.4. The Morgan fingerprint density at radius 1 is 1.03 bits per heavy atom. The second kappa shape index (κ2) is 12.1. The maximum absolute atomic E-state index is 13.9. The fourth-order valence-corrected chi connectivity index (χ4v) is 7.02. The summed E-state index contributed by atoms with van der Waals surface area (Å²) in [5, 5.41) is 2.06. The topological polar surface area (TPSA) is 41.4 Å². The highest BCUT2D eigenvalue weighted by Crippen LogP contribution is 2.44. The van der Waals surface area contributed by atoms with Gasteiger partial charge in [0.1, 0.15) is 5.82 Å². The van der Waals surface area contributed by atoms with Gasteiger partial charge in [0, 0.05) is 42.4 Å². The molecule has 0 spiro atoms. The van der Waals surface area contributed by atoms with Gasteiger partial charge in [-0.05, 0) is 76.4 Å². The Morgan fingerprint density at radius 3 is 2.41 bits per heavy atom. The van der Waals surface area contributed by atoms with Gasteiger partial charge in [-0.1, -0.05) is 40.9 Å². The first-order valence-electron chi connectivity index (χ1n) is 12.7. The third-order valence-electron chi connectivity index (χ3n) is 6.98. The Labute approximate surface area is 246 Å². The van der Waals surface area contributed by atoms with Gasteiger partial charge in [0.05, 0.1) is 36.3 Å². The zero-order valence-corrected chi connectivity index (χ0v) is 24.7. The zero-order valence-electron chi connectivity index (χ0n) is 21.6. The number of hydrogen-bond acceptors (Lipinski definition) is 5. The average molecular weight is 606 g/mol. The van der Waals surface area contributed by atoms with E-state index in [0.29, 0.717) is 43.5 Å². The van der Waals surface area contributed by atoms with Gasteiger partial charge in [0.15, 0.2) is 0 Å². The van der Waals surface area contributed by atoms with Gasteiger partial charge in [-0.15, -0.1) is 11.3 Å². The molecule has 1 aliphatic heterocycles. The van der Waals surface area contributed by atoms with Crippen LogP contribution < -0.4 is 5.56 Å². The number of pyridine rings is 1. The molecule has 3 heterocycles. The van der Waals surface area contributed by atoms with E-state index in [9.17, 15) is 9.18 Å². The summed E-state index contributed by atoms with van der Waals surface area (Å²) in [6.07, 6.45) is 3.72. The molecule has 0 saturated carbocycles. The van der Waals surface area contributed by atoms with Gasteiger partial charge in [0.25, 0.3) is 5.56 Å².